The number of aryl methyl sites for hydroxylation is 3. The van der Waals surface area contributed by atoms with Crippen LogP contribution in [0.2, 0.25) is 0 Å². The third kappa shape index (κ3) is 2.36. The average Bonchev–Trinajstić information content (AvgIpc) is 2.63. The van der Waals surface area contributed by atoms with Gasteiger partial charge in [0.05, 0.1) is 0 Å². The average molecular weight is 237 g/mol. The van der Waals surface area contributed by atoms with Gasteiger partial charge in [0.2, 0.25) is 0 Å². The van der Waals surface area contributed by atoms with Gasteiger partial charge in [-0.25, -0.2) is 4.39 Å². The summed E-state index contributed by atoms with van der Waals surface area (Å²) in [5.41, 5.74) is 2.10. The van der Waals surface area contributed by atoms with Crippen LogP contribution in [-0.2, 0) is 13.0 Å². The van der Waals surface area contributed by atoms with Gasteiger partial charge in [-0.1, -0.05) is 6.07 Å². The minimum Gasteiger partial charge on any atom is -0.306 e. The van der Waals surface area contributed by atoms with E-state index >= 15 is 0 Å². The number of halogens is 1. The van der Waals surface area contributed by atoms with E-state index in [1.165, 1.54) is 6.07 Å². The number of H-pyrrole nitrogens is 1. The molecule has 0 spiro atoms. The highest BCUT2D eigenvalue weighted by molar-refractivity contribution is 7.71. The first kappa shape index (κ1) is 11.0. The molecule has 84 valence electrons. The molecule has 0 fully saturated rings. The number of nitrogens with one attached hydrogen (secondary N) is 1. The Morgan fingerprint density at radius 3 is 2.94 bits per heavy atom. The zero-order valence-electron chi connectivity index (χ0n) is 8.90. The Kier molecular flexibility index (Phi) is 3.14. The molecule has 0 bridgehead atoms. The van der Waals surface area contributed by atoms with E-state index < -0.39 is 0 Å². The Labute approximate surface area is 97.9 Å². The second-order valence-electron chi connectivity index (χ2n) is 3.68. The molecule has 0 atom stereocenters. The van der Waals surface area contributed by atoms with Gasteiger partial charge in [-0.05, 0) is 48.8 Å². The van der Waals surface area contributed by atoms with Crippen LogP contribution in [0.15, 0.2) is 24.5 Å². The maximum atomic E-state index is 12.9. The first-order chi connectivity index (χ1) is 7.66. The fourth-order valence-corrected chi connectivity index (χ4v) is 1.80. The summed E-state index contributed by atoms with van der Waals surface area (Å²) in [5, 5.41) is 6.54. The van der Waals surface area contributed by atoms with Crippen molar-refractivity contribution in [3.63, 3.8) is 0 Å². The smallest absolute Gasteiger partial charge is 0.194 e. The van der Waals surface area contributed by atoms with Crippen molar-refractivity contribution in [2.75, 3.05) is 0 Å². The minimum absolute atomic E-state index is 0.193. The molecule has 3 nitrogen and oxygen atoms in total. The summed E-state index contributed by atoms with van der Waals surface area (Å²) in [4.78, 5) is 0. The standard InChI is InChI=1S/C11H12FN3S/c1-8-6-10(12)3-2-9(8)4-5-15-7-13-14-11(15)16/h2-3,6-7H,4-5H2,1H3,(H,14,16). The number of rotatable bonds is 3. The Bertz CT molecular complexity index is 544. The van der Waals surface area contributed by atoms with E-state index in [1.54, 1.807) is 12.4 Å². The van der Waals surface area contributed by atoms with Crippen LogP contribution in [0, 0.1) is 17.5 Å². The van der Waals surface area contributed by atoms with Crippen molar-refractivity contribution in [3.8, 4) is 0 Å². The largest absolute Gasteiger partial charge is 0.306 e. The molecule has 1 N–H and O–H groups in total. The van der Waals surface area contributed by atoms with Gasteiger partial charge in [-0.2, -0.15) is 5.10 Å². The van der Waals surface area contributed by atoms with Gasteiger partial charge in [-0.3, -0.25) is 5.10 Å². The monoisotopic (exact) mass is 237 g/mol. The molecule has 2 aromatic rings. The first-order valence-corrected chi connectivity index (χ1v) is 5.42. The van der Waals surface area contributed by atoms with Gasteiger partial charge < -0.3 is 4.57 Å². The molecule has 0 radical (unpaired) electrons. The van der Waals surface area contributed by atoms with Crippen LogP contribution in [0.1, 0.15) is 11.1 Å². The van der Waals surface area contributed by atoms with Gasteiger partial charge >= 0.3 is 0 Å². The van der Waals surface area contributed by atoms with Crippen molar-refractivity contribution < 1.29 is 4.39 Å². The third-order valence-corrected chi connectivity index (χ3v) is 2.87. The van der Waals surface area contributed by atoms with Gasteiger partial charge in [0.1, 0.15) is 12.1 Å². The molecule has 1 aromatic carbocycles. The predicted octanol–water partition coefficient (Wildman–Crippen LogP) is 2.63. The van der Waals surface area contributed by atoms with Crippen molar-refractivity contribution in [3.05, 3.63) is 46.2 Å². The van der Waals surface area contributed by atoms with E-state index in [2.05, 4.69) is 10.2 Å². The Hall–Kier alpha value is -1.49. The molecule has 16 heavy (non-hydrogen) atoms. The molecule has 0 amide bonds. The lowest BCUT2D eigenvalue weighted by Crippen LogP contribution is -2.01. The van der Waals surface area contributed by atoms with Crippen molar-refractivity contribution in [1.29, 1.82) is 0 Å². The number of aromatic amines is 1. The van der Waals surface area contributed by atoms with E-state index in [0.717, 1.165) is 24.1 Å². The van der Waals surface area contributed by atoms with E-state index in [9.17, 15) is 4.39 Å². The Morgan fingerprint density at radius 1 is 1.50 bits per heavy atom. The molecule has 0 unspecified atom stereocenters. The summed E-state index contributed by atoms with van der Waals surface area (Å²) in [7, 11) is 0. The molecule has 2 rings (SSSR count). The van der Waals surface area contributed by atoms with Gasteiger partial charge in [0, 0.05) is 6.54 Å². The zero-order chi connectivity index (χ0) is 11.5. The highest BCUT2D eigenvalue weighted by atomic mass is 32.1. The third-order valence-electron chi connectivity index (χ3n) is 2.54. The summed E-state index contributed by atoms with van der Waals surface area (Å²) < 4.78 is 15.4. The van der Waals surface area contributed by atoms with E-state index in [4.69, 9.17) is 12.2 Å². The summed E-state index contributed by atoms with van der Waals surface area (Å²) >= 11 is 5.04. The predicted molar refractivity (Wildman–Crippen MR) is 62.3 cm³/mol. The first-order valence-electron chi connectivity index (χ1n) is 5.01. The van der Waals surface area contributed by atoms with Crippen molar-refractivity contribution >= 4 is 12.2 Å². The fourth-order valence-electron chi connectivity index (χ4n) is 1.61. The fraction of sp³-hybridized carbons (Fsp3) is 0.273. The van der Waals surface area contributed by atoms with Crippen LogP contribution < -0.4 is 0 Å². The molecule has 0 aliphatic rings. The quantitative estimate of drug-likeness (QED) is 0.833. The molecule has 5 heteroatoms. The second kappa shape index (κ2) is 4.57. The van der Waals surface area contributed by atoms with Crippen LogP contribution in [0.25, 0.3) is 0 Å². The SMILES string of the molecule is Cc1cc(F)ccc1CCn1cn[nH]c1=S. The highest BCUT2D eigenvalue weighted by Crippen LogP contribution is 2.11. The maximum Gasteiger partial charge on any atom is 0.194 e. The van der Waals surface area contributed by atoms with Crippen molar-refractivity contribution in [1.82, 2.24) is 14.8 Å². The molecule has 0 aliphatic heterocycles. The lowest BCUT2D eigenvalue weighted by molar-refractivity contribution is 0.623. The lowest BCUT2D eigenvalue weighted by Gasteiger charge is -2.06. The van der Waals surface area contributed by atoms with Crippen molar-refractivity contribution in [2.45, 2.75) is 19.9 Å². The summed E-state index contributed by atoms with van der Waals surface area (Å²) in [6.45, 7) is 2.66. The highest BCUT2D eigenvalue weighted by Gasteiger charge is 2.01. The lowest BCUT2D eigenvalue weighted by atomic mass is 10.1. The number of hydrogen-bond acceptors (Lipinski definition) is 2. The molecule has 0 saturated carbocycles. The number of aromatic nitrogens is 3. The summed E-state index contributed by atoms with van der Waals surface area (Å²) in [6, 6.07) is 4.84. The Balaban J connectivity index is 2.11. The topological polar surface area (TPSA) is 33.6 Å². The van der Waals surface area contributed by atoms with Gasteiger partial charge in [0.25, 0.3) is 0 Å². The number of hydrogen-bond donors (Lipinski definition) is 1. The van der Waals surface area contributed by atoms with E-state index in [-0.39, 0.29) is 5.82 Å². The molecule has 0 aliphatic carbocycles. The maximum absolute atomic E-state index is 12.9. The van der Waals surface area contributed by atoms with Crippen molar-refractivity contribution in [2.24, 2.45) is 0 Å². The molecular formula is C11H12FN3S. The summed E-state index contributed by atoms with van der Waals surface area (Å²) in [5.74, 6) is -0.193. The van der Waals surface area contributed by atoms with Crippen LogP contribution in [0.4, 0.5) is 4.39 Å². The Morgan fingerprint density at radius 2 is 2.31 bits per heavy atom. The van der Waals surface area contributed by atoms with Crippen LogP contribution in [0.3, 0.4) is 0 Å². The van der Waals surface area contributed by atoms with Crippen LogP contribution in [-0.4, -0.2) is 14.8 Å². The molecule has 1 heterocycles. The normalized spacial score (nSPS) is 10.6. The minimum atomic E-state index is -0.193. The van der Waals surface area contributed by atoms with E-state index in [1.807, 2.05) is 17.6 Å². The van der Waals surface area contributed by atoms with Crippen LogP contribution in [0.5, 0.6) is 0 Å². The molecule has 1 aromatic heterocycles. The summed E-state index contributed by atoms with van der Waals surface area (Å²) in [6.07, 6.45) is 2.49. The van der Waals surface area contributed by atoms with Gasteiger partial charge in [0.15, 0.2) is 4.77 Å². The van der Waals surface area contributed by atoms with Crippen LogP contribution >= 0.6 is 12.2 Å². The van der Waals surface area contributed by atoms with Gasteiger partial charge in [-0.15, -0.1) is 0 Å². The number of nitrogens with zero attached hydrogens (tertiary/aromatic N) is 2. The number of benzene rings is 1. The molecular weight excluding hydrogens is 225 g/mol. The molecule has 0 saturated heterocycles. The second-order valence-corrected chi connectivity index (χ2v) is 4.06. The zero-order valence-corrected chi connectivity index (χ0v) is 9.72. The van der Waals surface area contributed by atoms with E-state index in [0.29, 0.717) is 4.77 Å².